The predicted molar refractivity (Wildman–Crippen MR) is 130 cm³/mol. The molecule has 35 heavy (non-hydrogen) atoms. The molecule has 0 aliphatic rings. The molecule has 1 rings (SSSR count). The van der Waals surface area contributed by atoms with Crippen molar-refractivity contribution in [3.63, 3.8) is 0 Å². The van der Waals surface area contributed by atoms with Gasteiger partial charge in [0.05, 0.1) is 17.0 Å². The first-order chi connectivity index (χ1) is 16.2. The molecule has 0 unspecified atom stereocenters. The number of hydrogen-bond donors (Lipinski definition) is 4. The first-order valence-corrected chi connectivity index (χ1v) is 11.3. The third-order valence-electron chi connectivity index (χ3n) is 4.76. The normalized spacial score (nSPS) is 13.7. The molecule has 0 aliphatic carbocycles. The Bertz CT molecular complexity index is 912. The van der Waals surface area contributed by atoms with Gasteiger partial charge in [0.2, 0.25) is 11.8 Å². The number of anilines is 1. The van der Waals surface area contributed by atoms with Crippen molar-refractivity contribution in [3.8, 4) is 0 Å². The molecule has 0 saturated carbocycles. The SMILES string of the molecule is C[C@H](NC(=O)[C@H](C)NC(=O)OC(C)(C)C)C(=O)CCCN[C@@H](C)C(=O)Nc1ccc([N+](=O)[O-])cc1. The molecule has 1 aromatic carbocycles. The van der Waals surface area contributed by atoms with Gasteiger partial charge in [0.1, 0.15) is 11.6 Å². The fraction of sp³-hybridized carbons (Fsp3) is 0.565. The van der Waals surface area contributed by atoms with E-state index < -0.39 is 40.7 Å². The maximum Gasteiger partial charge on any atom is 0.408 e. The number of carbonyl (C=O) groups excluding carboxylic acids is 4. The number of carbonyl (C=O) groups is 4. The minimum absolute atomic E-state index is 0.0713. The lowest BCUT2D eigenvalue weighted by Crippen LogP contribution is -2.50. The summed E-state index contributed by atoms with van der Waals surface area (Å²) in [5.41, 5.74) is -0.331. The third kappa shape index (κ3) is 11.4. The minimum atomic E-state index is -0.878. The van der Waals surface area contributed by atoms with Gasteiger partial charge in [0, 0.05) is 24.2 Å². The van der Waals surface area contributed by atoms with Crippen LogP contribution in [0.4, 0.5) is 16.2 Å². The number of nitro groups is 1. The number of benzene rings is 1. The maximum absolute atomic E-state index is 12.3. The Morgan fingerprint density at radius 1 is 0.943 bits per heavy atom. The van der Waals surface area contributed by atoms with Gasteiger partial charge >= 0.3 is 6.09 Å². The van der Waals surface area contributed by atoms with Gasteiger partial charge < -0.3 is 26.0 Å². The highest BCUT2D eigenvalue weighted by molar-refractivity contribution is 5.94. The maximum atomic E-state index is 12.3. The second kappa shape index (κ2) is 13.4. The molecule has 4 N–H and O–H groups in total. The summed E-state index contributed by atoms with van der Waals surface area (Å²) in [6, 6.07) is 3.31. The summed E-state index contributed by atoms with van der Waals surface area (Å²) in [6.45, 7) is 10.2. The summed E-state index contributed by atoms with van der Waals surface area (Å²) < 4.78 is 5.10. The summed E-state index contributed by atoms with van der Waals surface area (Å²) in [7, 11) is 0. The Kier molecular flexibility index (Phi) is 11.3. The highest BCUT2D eigenvalue weighted by Crippen LogP contribution is 2.15. The van der Waals surface area contributed by atoms with Gasteiger partial charge in [-0.25, -0.2) is 4.79 Å². The molecule has 0 aliphatic heterocycles. The Labute approximate surface area is 204 Å². The van der Waals surface area contributed by atoms with Crippen molar-refractivity contribution in [1.82, 2.24) is 16.0 Å². The van der Waals surface area contributed by atoms with E-state index in [4.69, 9.17) is 4.74 Å². The van der Waals surface area contributed by atoms with E-state index >= 15 is 0 Å². The zero-order chi connectivity index (χ0) is 26.8. The average Bonchev–Trinajstić information content (AvgIpc) is 2.75. The van der Waals surface area contributed by atoms with E-state index in [2.05, 4.69) is 21.3 Å². The molecule has 0 saturated heterocycles. The lowest BCUT2D eigenvalue weighted by atomic mass is 10.1. The van der Waals surface area contributed by atoms with Crippen LogP contribution in [0.2, 0.25) is 0 Å². The Morgan fingerprint density at radius 2 is 1.54 bits per heavy atom. The van der Waals surface area contributed by atoms with Crippen LogP contribution in [0.15, 0.2) is 24.3 Å². The van der Waals surface area contributed by atoms with E-state index in [1.165, 1.54) is 31.2 Å². The molecule has 0 bridgehead atoms. The molecule has 0 radical (unpaired) electrons. The van der Waals surface area contributed by atoms with E-state index in [9.17, 15) is 29.3 Å². The predicted octanol–water partition coefficient (Wildman–Crippen LogP) is 2.28. The van der Waals surface area contributed by atoms with Crippen molar-refractivity contribution in [2.45, 2.75) is 78.1 Å². The third-order valence-corrected chi connectivity index (χ3v) is 4.76. The highest BCUT2D eigenvalue weighted by atomic mass is 16.6. The molecular formula is C23H35N5O7. The molecule has 194 valence electrons. The molecule has 0 aromatic heterocycles. The van der Waals surface area contributed by atoms with Crippen LogP contribution in [-0.4, -0.2) is 58.9 Å². The van der Waals surface area contributed by atoms with Crippen LogP contribution in [0.1, 0.15) is 54.4 Å². The number of non-ortho nitro benzene ring substituents is 1. The summed E-state index contributed by atoms with van der Waals surface area (Å²) in [6.07, 6.45) is -0.101. The van der Waals surface area contributed by atoms with E-state index in [0.717, 1.165) is 0 Å². The lowest BCUT2D eigenvalue weighted by molar-refractivity contribution is -0.384. The molecule has 0 spiro atoms. The zero-order valence-electron chi connectivity index (χ0n) is 21.0. The number of ketones is 1. The Balaban J connectivity index is 2.34. The number of nitro benzene ring substituents is 1. The number of alkyl carbamates (subject to hydrolysis) is 1. The number of Topliss-reactive ketones (excluding diaryl/α,β-unsaturated/α-hetero) is 1. The van der Waals surface area contributed by atoms with Crippen LogP contribution >= 0.6 is 0 Å². The second-order valence-corrected chi connectivity index (χ2v) is 9.14. The second-order valence-electron chi connectivity index (χ2n) is 9.14. The number of ether oxygens (including phenoxy) is 1. The first kappa shape index (κ1) is 29.5. The molecule has 12 heteroatoms. The standard InChI is InChI=1S/C23H35N5O7/c1-14(25-21(31)16(3)26-22(32)35-23(4,5)6)19(29)8-7-13-24-15(2)20(30)27-17-9-11-18(12-10-17)28(33)34/h9-12,14-16,24H,7-8,13H2,1-6H3,(H,25,31)(H,26,32)(H,27,30)/t14-,15-,16-/m0/s1. The van der Waals surface area contributed by atoms with Crippen molar-refractivity contribution in [2.75, 3.05) is 11.9 Å². The zero-order valence-corrected chi connectivity index (χ0v) is 21.0. The smallest absolute Gasteiger partial charge is 0.408 e. The van der Waals surface area contributed by atoms with Gasteiger partial charge in [-0.3, -0.25) is 24.5 Å². The van der Waals surface area contributed by atoms with Gasteiger partial charge in [-0.15, -0.1) is 0 Å². The van der Waals surface area contributed by atoms with E-state index in [1.807, 2.05) is 0 Å². The number of amides is 3. The van der Waals surface area contributed by atoms with Gasteiger partial charge in [0.15, 0.2) is 5.78 Å². The summed E-state index contributed by atoms with van der Waals surface area (Å²) in [5.74, 6) is -1.02. The molecule has 1 aromatic rings. The first-order valence-electron chi connectivity index (χ1n) is 11.3. The fourth-order valence-corrected chi connectivity index (χ4v) is 2.78. The largest absolute Gasteiger partial charge is 0.444 e. The number of hydrogen-bond acceptors (Lipinski definition) is 8. The van der Waals surface area contributed by atoms with E-state index in [1.54, 1.807) is 34.6 Å². The van der Waals surface area contributed by atoms with Crippen LogP contribution in [0.25, 0.3) is 0 Å². The van der Waals surface area contributed by atoms with Gasteiger partial charge in [-0.2, -0.15) is 0 Å². The van der Waals surface area contributed by atoms with Crippen LogP contribution < -0.4 is 21.3 Å². The molecule has 3 atom stereocenters. The topological polar surface area (TPSA) is 169 Å². The summed E-state index contributed by atoms with van der Waals surface area (Å²) >= 11 is 0. The van der Waals surface area contributed by atoms with Gasteiger partial charge in [0.25, 0.3) is 5.69 Å². The van der Waals surface area contributed by atoms with Crippen LogP contribution in [-0.2, 0) is 19.1 Å². The summed E-state index contributed by atoms with van der Waals surface area (Å²) in [5, 5.41) is 21.3. The Morgan fingerprint density at radius 3 is 2.09 bits per heavy atom. The average molecular weight is 494 g/mol. The van der Waals surface area contributed by atoms with Crippen molar-refractivity contribution < 1.29 is 28.8 Å². The molecule has 0 fully saturated rings. The van der Waals surface area contributed by atoms with Crippen molar-refractivity contribution in [2.24, 2.45) is 0 Å². The quantitative estimate of drug-likeness (QED) is 0.195. The highest BCUT2D eigenvalue weighted by Gasteiger charge is 2.23. The number of rotatable bonds is 12. The molecule has 3 amide bonds. The molecular weight excluding hydrogens is 458 g/mol. The minimum Gasteiger partial charge on any atom is -0.444 e. The summed E-state index contributed by atoms with van der Waals surface area (Å²) in [4.78, 5) is 58.7. The van der Waals surface area contributed by atoms with Crippen molar-refractivity contribution >= 4 is 35.1 Å². The fourth-order valence-electron chi connectivity index (χ4n) is 2.78. The monoisotopic (exact) mass is 493 g/mol. The number of nitrogens with zero attached hydrogens (tertiary/aromatic N) is 1. The molecule has 0 heterocycles. The van der Waals surface area contributed by atoms with Gasteiger partial charge in [-0.1, -0.05) is 0 Å². The van der Waals surface area contributed by atoms with Crippen molar-refractivity contribution in [3.05, 3.63) is 34.4 Å². The Hall–Kier alpha value is -3.54. The van der Waals surface area contributed by atoms with Gasteiger partial charge in [-0.05, 0) is 66.6 Å². The van der Waals surface area contributed by atoms with Crippen molar-refractivity contribution in [1.29, 1.82) is 0 Å². The lowest BCUT2D eigenvalue weighted by Gasteiger charge is -2.22. The van der Waals surface area contributed by atoms with E-state index in [-0.39, 0.29) is 23.8 Å². The van der Waals surface area contributed by atoms with E-state index in [0.29, 0.717) is 18.7 Å². The van der Waals surface area contributed by atoms with Crippen LogP contribution in [0, 0.1) is 10.1 Å². The van der Waals surface area contributed by atoms with Crippen LogP contribution in [0.3, 0.4) is 0 Å². The van der Waals surface area contributed by atoms with Crippen LogP contribution in [0.5, 0.6) is 0 Å². The molecule has 12 nitrogen and oxygen atoms in total. The number of nitrogens with one attached hydrogen (secondary N) is 4.